The van der Waals surface area contributed by atoms with Crippen molar-refractivity contribution in [2.24, 2.45) is 5.92 Å². The summed E-state index contributed by atoms with van der Waals surface area (Å²) in [7, 11) is 0. The van der Waals surface area contributed by atoms with Gasteiger partial charge in [0.15, 0.2) is 0 Å². The van der Waals surface area contributed by atoms with Gasteiger partial charge in [0.2, 0.25) is 0 Å². The number of carbonyl (C=O) groups is 2. The molecule has 2 heterocycles. The number of esters is 1. The maximum Gasteiger partial charge on any atom is 0.418 e. The van der Waals surface area contributed by atoms with E-state index in [-0.39, 0.29) is 17.8 Å². The molecule has 1 amide bonds. The van der Waals surface area contributed by atoms with Crippen molar-refractivity contribution in [1.82, 2.24) is 0 Å². The Bertz CT molecular complexity index is 758. The summed E-state index contributed by atoms with van der Waals surface area (Å²) in [4.78, 5) is 27.3. The summed E-state index contributed by atoms with van der Waals surface area (Å²) < 4.78 is 11.4. The number of nitrogens with zero attached hydrogens (tertiary/aromatic N) is 1. The summed E-state index contributed by atoms with van der Waals surface area (Å²) in [5.41, 5.74) is 2.26. The number of ether oxygens (including phenoxy) is 2. The van der Waals surface area contributed by atoms with Gasteiger partial charge in [-0.15, -0.1) is 0 Å². The molecular weight excluding hydrogens is 318 g/mol. The first-order valence-corrected chi connectivity index (χ1v) is 9.17. The first-order chi connectivity index (χ1) is 11.8. The predicted octanol–water partition coefficient (Wildman–Crippen LogP) is 4.28. The molecular formula is C20H25NO4. The number of rotatable bonds is 2. The molecule has 1 aliphatic carbocycles. The zero-order valence-electron chi connectivity index (χ0n) is 15.3. The van der Waals surface area contributed by atoms with Crippen LogP contribution in [0.15, 0.2) is 18.2 Å². The standard InChI is InChI=1S/C20H25NO4/c1-12(2)14-9-7-8-13(3)16(14)21-18(23)25-19(4)20(21)11-6-5-10-15(20)17(22)24-19/h7-9,12,15H,5-6,10-11H2,1-4H3/t15-,19+,20+/m1/s1. The summed E-state index contributed by atoms with van der Waals surface area (Å²) in [5.74, 6) is -1.51. The van der Waals surface area contributed by atoms with Gasteiger partial charge in [-0.1, -0.05) is 44.9 Å². The lowest BCUT2D eigenvalue weighted by molar-refractivity contribution is -0.182. The molecule has 1 spiro atoms. The van der Waals surface area contributed by atoms with Gasteiger partial charge in [0.05, 0.1) is 11.6 Å². The lowest BCUT2D eigenvalue weighted by Gasteiger charge is -2.44. The second-order valence-corrected chi connectivity index (χ2v) is 7.96. The van der Waals surface area contributed by atoms with Crippen LogP contribution in [0.3, 0.4) is 0 Å². The first-order valence-electron chi connectivity index (χ1n) is 9.17. The molecule has 3 atom stereocenters. The molecule has 5 heteroatoms. The quantitative estimate of drug-likeness (QED) is 0.752. The summed E-state index contributed by atoms with van der Waals surface area (Å²) in [5, 5.41) is 0. The smallest absolute Gasteiger partial charge is 0.418 e. The van der Waals surface area contributed by atoms with Gasteiger partial charge in [-0.2, -0.15) is 0 Å². The van der Waals surface area contributed by atoms with Crippen LogP contribution in [0.4, 0.5) is 10.5 Å². The second kappa shape index (κ2) is 5.23. The largest absolute Gasteiger partial charge is 0.420 e. The van der Waals surface area contributed by atoms with Crippen molar-refractivity contribution in [3.05, 3.63) is 29.3 Å². The van der Waals surface area contributed by atoms with Crippen molar-refractivity contribution in [3.63, 3.8) is 0 Å². The molecule has 1 saturated carbocycles. The average molecular weight is 343 g/mol. The Hall–Kier alpha value is -2.04. The predicted molar refractivity (Wildman–Crippen MR) is 93.4 cm³/mol. The highest BCUT2D eigenvalue weighted by atomic mass is 16.8. The molecule has 0 aromatic heterocycles. The lowest BCUT2D eigenvalue weighted by atomic mass is 9.69. The summed E-state index contributed by atoms with van der Waals surface area (Å²) in [6.45, 7) is 7.99. The molecule has 134 valence electrons. The van der Waals surface area contributed by atoms with E-state index in [1.54, 1.807) is 11.8 Å². The van der Waals surface area contributed by atoms with Gasteiger partial charge in [0.25, 0.3) is 5.79 Å². The minimum Gasteiger partial charge on any atom is -0.420 e. The molecule has 3 aliphatic rings. The number of amides is 1. The monoisotopic (exact) mass is 343 g/mol. The third kappa shape index (κ3) is 1.95. The number of benzene rings is 1. The van der Waals surface area contributed by atoms with Crippen LogP contribution in [0.2, 0.25) is 0 Å². The van der Waals surface area contributed by atoms with Crippen molar-refractivity contribution >= 4 is 17.7 Å². The Balaban J connectivity index is 1.96. The maximum atomic E-state index is 13.0. The SMILES string of the molecule is Cc1cccc(C(C)C)c1N1C(=O)O[C@]2(C)OC(=O)[C@H]3CCCC[C@@]312. The van der Waals surface area contributed by atoms with Crippen LogP contribution >= 0.6 is 0 Å². The number of carbonyl (C=O) groups excluding carboxylic acids is 2. The molecule has 0 radical (unpaired) electrons. The normalized spacial score (nSPS) is 34.0. The van der Waals surface area contributed by atoms with Crippen molar-refractivity contribution in [2.45, 2.75) is 70.6 Å². The molecule has 4 rings (SSSR count). The molecule has 5 nitrogen and oxygen atoms in total. The third-order valence-corrected chi connectivity index (χ3v) is 6.22. The second-order valence-electron chi connectivity index (χ2n) is 7.96. The van der Waals surface area contributed by atoms with E-state index in [1.165, 1.54) is 0 Å². The first kappa shape index (κ1) is 16.4. The van der Waals surface area contributed by atoms with Crippen molar-refractivity contribution in [1.29, 1.82) is 0 Å². The fourth-order valence-electron chi connectivity index (χ4n) is 5.06. The molecule has 0 N–H and O–H groups in total. The van der Waals surface area contributed by atoms with E-state index in [9.17, 15) is 9.59 Å². The van der Waals surface area contributed by atoms with Crippen LogP contribution in [0, 0.1) is 12.8 Å². The van der Waals surface area contributed by atoms with E-state index in [4.69, 9.17) is 9.47 Å². The fraction of sp³-hybridized carbons (Fsp3) is 0.600. The number of hydrogen-bond acceptors (Lipinski definition) is 4. The molecule has 1 aromatic rings. The summed E-state index contributed by atoms with van der Waals surface area (Å²) in [6, 6.07) is 6.08. The van der Waals surface area contributed by atoms with E-state index in [0.29, 0.717) is 0 Å². The van der Waals surface area contributed by atoms with Crippen LogP contribution in [0.5, 0.6) is 0 Å². The molecule has 0 bridgehead atoms. The highest BCUT2D eigenvalue weighted by molar-refractivity contribution is 5.98. The van der Waals surface area contributed by atoms with E-state index >= 15 is 0 Å². The molecule has 2 aliphatic heterocycles. The average Bonchev–Trinajstić information content (AvgIpc) is 2.88. The number of para-hydroxylation sites is 1. The highest BCUT2D eigenvalue weighted by Gasteiger charge is 2.75. The molecule has 3 fully saturated rings. The van der Waals surface area contributed by atoms with Gasteiger partial charge in [0, 0.05) is 6.92 Å². The Labute approximate surface area is 148 Å². The highest BCUT2D eigenvalue weighted by Crippen LogP contribution is 2.59. The van der Waals surface area contributed by atoms with Crippen molar-refractivity contribution in [2.75, 3.05) is 4.90 Å². The van der Waals surface area contributed by atoms with Crippen molar-refractivity contribution < 1.29 is 19.1 Å². The van der Waals surface area contributed by atoms with E-state index < -0.39 is 17.4 Å². The Kier molecular flexibility index (Phi) is 3.44. The zero-order valence-corrected chi connectivity index (χ0v) is 15.3. The van der Waals surface area contributed by atoms with Crippen LogP contribution in [0.25, 0.3) is 0 Å². The zero-order chi connectivity index (χ0) is 18.0. The van der Waals surface area contributed by atoms with Crippen LogP contribution < -0.4 is 4.90 Å². The third-order valence-electron chi connectivity index (χ3n) is 6.22. The lowest BCUT2D eigenvalue weighted by Crippen LogP contribution is -2.60. The molecule has 1 aromatic carbocycles. The van der Waals surface area contributed by atoms with Crippen molar-refractivity contribution in [3.8, 4) is 0 Å². The number of aryl methyl sites for hydroxylation is 1. The van der Waals surface area contributed by atoms with Crippen LogP contribution in [-0.2, 0) is 14.3 Å². The Morgan fingerprint density at radius 2 is 1.96 bits per heavy atom. The minimum absolute atomic E-state index is 0.237. The molecule has 2 saturated heterocycles. The van der Waals surface area contributed by atoms with Gasteiger partial charge in [-0.05, 0) is 36.8 Å². The Morgan fingerprint density at radius 1 is 1.20 bits per heavy atom. The van der Waals surface area contributed by atoms with Gasteiger partial charge < -0.3 is 9.47 Å². The van der Waals surface area contributed by atoms with Gasteiger partial charge in [0.1, 0.15) is 5.54 Å². The fourth-order valence-corrected chi connectivity index (χ4v) is 5.06. The van der Waals surface area contributed by atoms with Gasteiger partial charge in [-0.3, -0.25) is 9.69 Å². The minimum atomic E-state index is -1.21. The number of anilines is 1. The summed E-state index contributed by atoms with van der Waals surface area (Å²) in [6.07, 6.45) is 2.99. The van der Waals surface area contributed by atoms with Crippen LogP contribution in [-0.4, -0.2) is 23.4 Å². The summed E-state index contributed by atoms with van der Waals surface area (Å²) >= 11 is 0. The molecule has 0 unspecified atom stereocenters. The maximum absolute atomic E-state index is 13.0. The van der Waals surface area contributed by atoms with Gasteiger partial charge in [-0.25, -0.2) is 4.79 Å². The van der Waals surface area contributed by atoms with E-state index in [0.717, 1.165) is 42.5 Å². The van der Waals surface area contributed by atoms with Crippen LogP contribution in [0.1, 0.15) is 63.5 Å². The number of hydrogen-bond donors (Lipinski definition) is 0. The Morgan fingerprint density at radius 3 is 2.68 bits per heavy atom. The van der Waals surface area contributed by atoms with E-state index in [2.05, 4.69) is 19.9 Å². The van der Waals surface area contributed by atoms with E-state index in [1.807, 2.05) is 19.1 Å². The van der Waals surface area contributed by atoms with Gasteiger partial charge >= 0.3 is 12.1 Å². The topological polar surface area (TPSA) is 55.8 Å². The molecule has 25 heavy (non-hydrogen) atoms.